The minimum atomic E-state index is -1.07. The van der Waals surface area contributed by atoms with Crippen LogP contribution in [0, 0.1) is 0 Å². The van der Waals surface area contributed by atoms with Gasteiger partial charge in [-0.3, -0.25) is 9.59 Å². The molecule has 0 spiro atoms. The average Bonchev–Trinajstić information content (AvgIpc) is 3.57. The number of hydrogen-bond donors (Lipinski definition) is 1. The molecule has 1 aromatic carbocycles. The Morgan fingerprint density at radius 1 is 1.06 bits per heavy atom. The quantitative estimate of drug-likeness (QED) is 0.330. The maximum Gasteiger partial charge on any atom is 0.408 e. The lowest BCUT2D eigenvalue weighted by molar-refractivity contribution is -0.144. The van der Waals surface area contributed by atoms with Gasteiger partial charge in [0.25, 0.3) is 11.8 Å². The van der Waals surface area contributed by atoms with Crippen LogP contribution in [0.4, 0.5) is 10.5 Å². The van der Waals surface area contributed by atoms with Crippen molar-refractivity contribution in [1.29, 1.82) is 0 Å². The van der Waals surface area contributed by atoms with Gasteiger partial charge < -0.3 is 19.5 Å². The van der Waals surface area contributed by atoms with Gasteiger partial charge in [0.15, 0.2) is 12.2 Å². The van der Waals surface area contributed by atoms with Crippen LogP contribution in [0.2, 0.25) is 0 Å². The Balaban J connectivity index is 2.31. The standard InChI is InChI=1S/C24H35N3O7/c1-7-13-17(25-23(31)34-24(4,5)6)20(28)26(8-2)27(16-14-11-10-12-15-16)21(29)18-19(33-18)22(30)32-9-3/h10-12,14-15,17-19H,7-9,13H2,1-6H3,(H,25,31)/t17-,18-,19-/m0/s1. The fourth-order valence-electron chi connectivity index (χ4n) is 3.35. The van der Waals surface area contributed by atoms with E-state index in [-0.39, 0.29) is 13.2 Å². The van der Waals surface area contributed by atoms with Gasteiger partial charge in [0.1, 0.15) is 11.6 Å². The van der Waals surface area contributed by atoms with Gasteiger partial charge in [-0.15, -0.1) is 0 Å². The lowest BCUT2D eigenvalue weighted by atomic mass is 10.1. The van der Waals surface area contributed by atoms with E-state index in [1.54, 1.807) is 65.0 Å². The zero-order valence-corrected chi connectivity index (χ0v) is 20.7. The normalized spacial score (nSPS) is 17.8. The summed E-state index contributed by atoms with van der Waals surface area (Å²) >= 11 is 0. The van der Waals surface area contributed by atoms with Crippen molar-refractivity contribution in [3.63, 3.8) is 0 Å². The number of anilines is 1. The number of carbonyl (C=O) groups is 4. The highest BCUT2D eigenvalue weighted by molar-refractivity contribution is 6.04. The predicted octanol–water partition coefficient (Wildman–Crippen LogP) is 2.81. The highest BCUT2D eigenvalue weighted by atomic mass is 16.6. The number of epoxide rings is 1. The second-order valence-electron chi connectivity index (χ2n) is 8.76. The number of alkyl carbamates (subject to hydrolysis) is 1. The summed E-state index contributed by atoms with van der Waals surface area (Å²) in [5.41, 5.74) is -0.306. The molecule has 1 aliphatic rings. The van der Waals surface area contributed by atoms with Crippen LogP contribution in [0.25, 0.3) is 0 Å². The summed E-state index contributed by atoms with van der Waals surface area (Å²) in [6.07, 6.45) is -1.85. The summed E-state index contributed by atoms with van der Waals surface area (Å²) in [6.45, 7) is 10.7. The van der Waals surface area contributed by atoms with Crippen molar-refractivity contribution < 1.29 is 33.4 Å². The number of nitrogens with zero attached hydrogens (tertiary/aromatic N) is 2. The van der Waals surface area contributed by atoms with E-state index in [4.69, 9.17) is 14.2 Å². The number of para-hydroxylation sites is 1. The van der Waals surface area contributed by atoms with Crippen molar-refractivity contribution in [2.75, 3.05) is 18.2 Å². The Labute approximate surface area is 200 Å². The molecule has 188 valence electrons. The van der Waals surface area contributed by atoms with Crippen LogP contribution in [0.15, 0.2) is 30.3 Å². The van der Waals surface area contributed by atoms with Crippen LogP contribution in [-0.2, 0) is 28.6 Å². The van der Waals surface area contributed by atoms with Crippen LogP contribution in [-0.4, -0.2) is 65.9 Å². The monoisotopic (exact) mass is 477 g/mol. The van der Waals surface area contributed by atoms with Crippen LogP contribution in [0.5, 0.6) is 0 Å². The first-order valence-electron chi connectivity index (χ1n) is 11.6. The molecule has 0 radical (unpaired) electrons. The minimum absolute atomic E-state index is 0.131. The predicted molar refractivity (Wildman–Crippen MR) is 125 cm³/mol. The Hall–Kier alpha value is -3.14. The molecule has 1 heterocycles. The molecule has 1 fully saturated rings. The molecule has 2 rings (SSSR count). The SMILES string of the molecule is CCC[C@H](NC(=O)OC(C)(C)C)C(=O)N(CC)N(C(=O)[C@H]1O[C@@H]1C(=O)OCC)c1ccccc1. The number of ether oxygens (including phenoxy) is 3. The highest BCUT2D eigenvalue weighted by Crippen LogP contribution is 2.29. The number of nitrogens with one attached hydrogen (secondary N) is 1. The van der Waals surface area contributed by atoms with Crippen molar-refractivity contribution in [3.8, 4) is 0 Å². The van der Waals surface area contributed by atoms with Crippen LogP contribution in [0.3, 0.4) is 0 Å². The van der Waals surface area contributed by atoms with Crippen molar-refractivity contribution in [3.05, 3.63) is 30.3 Å². The fraction of sp³-hybridized carbons (Fsp3) is 0.583. The first-order valence-corrected chi connectivity index (χ1v) is 11.6. The number of carbonyl (C=O) groups excluding carboxylic acids is 4. The van der Waals surface area contributed by atoms with E-state index in [1.807, 2.05) is 6.92 Å². The van der Waals surface area contributed by atoms with Gasteiger partial charge in [0.05, 0.1) is 12.3 Å². The summed E-state index contributed by atoms with van der Waals surface area (Å²) in [5, 5.41) is 5.08. The molecule has 1 N–H and O–H groups in total. The Kier molecular flexibility index (Phi) is 9.43. The molecule has 34 heavy (non-hydrogen) atoms. The van der Waals surface area contributed by atoms with E-state index in [2.05, 4.69) is 5.32 Å². The molecule has 3 atom stereocenters. The lowest BCUT2D eigenvalue weighted by Crippen LogP contribution is -2.58. The highest BCUT2D eigenvalue weighted by Gasteiger charge is 2.54. The summed E-state index contributed by atoms with van der Waals surface area (Å²) in [6, 6.07) is 7.67. The molecule has 10 nitrogen and oxygen atoms in total. The molecule has 3 amide bonds. The molecule has 1 aliphatic heterocycles. The zero-order valence-electron chi connectivity index (χ0n) is 20.7. The molecule has 0 aliphatic carbocycles. The van der Waals surface area contributed by atoms with Gasteiger partial charge in [-0.05, 0) is 53.2 Å². The maximum atomic E-state index is 13.6. The maximum absolute atomic E-state index is 13.6. The molecule has 0 saturated carbocycles. The molecular weight excluding hydrogens is 442 g/mol. The fourth-order valence-corrected chi connectivity index (χ4v) is 3.35. The van der Waals surface area contributed by atoms with E-state index in [1.165, 1.54) is 10.0 Å². The van der Waals surface area contributed by atoms with Crippen molar-refractivity contribution in [2.24, 2.45) is 0 Å². The molecular formula is C24H35N3O7. The number of hydrogen-bond acceptors (Lipinski definition) is 7. The van der Waals surface area contributed by atoms with Crippen LogP contribution >= 0.6 is 0 Å². The third kappa shape index (κ3) is 7.18. The second kappa shape index (κ2) is 11.8. The summed E-state index contributed by atoms with van der Waals surface area (Å²) in [7, 11) is 0. The largest absolute Gasteiger partial charge is 0.464 e. The molecule has 0 aromatic heterocycles. The number of amides is 3. The number of hydrazine groups is 1. The Bertz CT molecular complexity index is 869. The Morgan fingerprint density at radius 2 is 1.71 bits per heavy atom. The van der Waals surface area contributed by atoms with Crippen molar-refractivity contribution in [2.45, 2.75) is 78.2 Å². The first kappa shape index (κ1) is 27.1. The summed E-state index contributed by atoms with van der Waals surface area (Å²) < 4.78 is 15.6. The minimum Gasteiger partial charge on any atom is -0.464 e. The van der Waals surface area contributed by atoms with Crippen LogP contribution in [0.1, 0.15) is 54.4 Å². The van der Waals surface area contributed by atoms with Gasteiger partial charge in [0.2, 0.25) is 0 Å². The van der Waals surface area contributed by atoms with Gasteiger partial charge in [-0.2, -0.15) is 0 Å². The zero-order chi connectivity index (χ0) is 25.5. The third-order valence-electron chi connectivity index (χ3n) is 4.83. The first-order chi connectivity index (χ1) is 16.0. The third-order valence-corrected chi connectivity index (χ3v) is 4.83. The van der Waals surface area contributed by atoms with Gasteiger partial charge in [0, 0.05) is 6.54 Å². The summed E-state index contributed by atoms with van der Waals surface area (Å²) in [5.74, 6) is -1.69. The number of likely N-dealkylation sites (N-methyl/N-ethyl adjacent to an activating group) is 1. The second-order valence-corrected chi connectivity index (χ2v) is 8.76. The van der Waals surface area contributed by atoms with Crippen LogP contribution < -0.4 is 10.3 Å². The van der Waals surface area contributed by atoms with E-state index < -0.39 is 47.7 Å². The Morgan fingerprint density at radius 3 is 2.24 bits per heavy atom. The lowest BCUT2D eigenvalue weighted by Gasteiger charge is -2.36. The van der Waals surface area contributed by atoms with Gasteiger partial charge >= 0.3 is 12.1 Å². The molecule has 0 unspecified atom stereocenters. The number of esters is 1. The molecule has 1 aromatic rings. The van der Waals surface area contributed by atoms with E-state index in [9.17, 15) is 19.2 Å². The molecule has 10 heteroatoms. The van der Waals surface area contributed by atoms with E-state index in [0.717, 1.165) is 0 Å². The van der Waals surface area contributed by atoms with E-state index in [0.29, 0.717) is 18.5 Å². The average molecular weight is 478 g/mol. The topological polar surface area (TPSA) is 118 Å². The molecule has 1 saturated heterocycles. The van der Waals surface area contributed by atoms with Gasteiger partial charge in [-0.1, -0.05) is 31.5 Å². The van der Waals surface area contributed by atoms with Gasteiger partial charge in [-0.25, -0.2) is 19.6 Å². The smallest absolute Gasteiger partial charge is 0.408 e. The van der Waals surface area contributed by atoms with Crippen molar-refractivity contribution in [1.82, 2.24) is 10.3 Å². The van der Waals surface area contributed by atoms with E-state index >= 15 is 0 Å². The molecule has 0 bridgehead atoms. The number of benzene rings is 1. The summed E-state index contributed by atoms with van der Waals surface area (Å²) in [4.78, 5) is 51.4. The van der Waals surface area contributed by atoms with Crippen molar-refractivity contribution >= 4 is 29.6 Å². The number of rotatable bonds is 9.